The Kier molecular flexibility index (Phi) is 6.41. The molecule has 0 aliphatic rings. The van der Waals surface area contributed by atoms with E-state index < -0.39 is 18.0 Å². The molecule has 166 valence electrons. The number of carboxylic acid groups (broad SMARTS) is 1. The molecule has 0 radical (unpaired) electrons. The van der Waals surface area contributed by atoms with Gasteiger partial charge in [0.2, 0.25) is 0 Å². The quantitative estimate of drug-likeness (QED) is 0.336. The van der Waals surface area contributed by atoms with Gasteiger partial charge >= 0.3 is 11.9 Å². The molecule has 0 bridgehead atoms. The van der Waals surface area contributed by atoms with Crippen LogP contribution in [0.4, 0.5) is 0 Å². The first kappa shape index (κ1) is 22.1. The number of fused-ring (bicyclic) bond motifs is 1. The summed E-state index contributed by atoms with van der Waals surface area (Å²) in [6.45, 7) is 3.42. The highest BCUT2D eigenvalue weighted by atomic mass is 16.5. The predicted octanol–water partition coefficient (Wildman–Crippen LogP) is 6.41. The molecule has 33 heavy (non-hydrogen) atoms. The van der Waals surface area contributed by atoms with E-state index in [4.69, 9.17) is 9.47 Å². The van der Waals surface area contributed by atoms with Gasteiger partial charge in [0.05, 0.1) is 5.56 Å². The zero-order valence-corrected chi connectivity index (χ0v) is 18.4. The van der Waals surface area contributed by atoms with Crippen molar-refractivity contribution in [3.63, 3.8) is 0 Å². The SMILES string of the molecule is CC(=O)OC(C)c1c(C(=O)O)cc2cc(OCc3ccccc3)ccc2c1-c1ccccc1. The maximum atomic E-state index is 12.3. The molecule has 0 saturated heterocycles. The van der Waals surface area contributed by atoms with Crippen LogP contribution in [0.25, 0.3) is 21.9 Å². The first-order valence-electron chi connectivity index (χ1n) is 10.7. The van der Waals surface area contributed by atoms with Gasteiger partial charge in [0.25, 0.3) is 0 Å². The molecule has 5 heteroatoms. The smallest absolute Gasteiger partial charge is 0.336 e. The summed E-state index contributed by atoms with van der Waals surface area (Å²) in [5.41, 5.74) is 3.18. The molecule has 4 aromatic rings. The topological polar surface area (TPSA) is 72.8 Å². The summed E-state index contributed by atoms with van der Waals surface area (Å²) >= 11 is 0. The number of carbonyl (C=O) groups is 2. The van der Waals surface area contributed by atoms with Gasteiger partial charge in [-0.3, -0.25) is 4.79 Å². The largest absolute Gasteiger partial charge is 0.489 e. The lowest BCUT2D eigenvalue weighted by molar-refractivity contribution is -0.145. The minimum atomic E-state index is -1.08. The molecule has 0 amide bonds. The van der Waals surface area contributed by atoms with Gasteiger partial charge < -0.3 is 14.6 Å². The monoisotopic (exact) mass is 440 g/mol. The molecule has 0 fully saturated rings. The fourth-order valence-electron chi connectivity index (χ4n) is 4.05. The van der Waals surface area contributed by atoms with Crippen LogP contribution in [-0.4, -0.2) is 17.0 Å². The van der Waals surface area contributed by atoms with Gasteiger partial charge in [-0.2, -0.15) is 0 Å². The van der Waals surface area contributed by atoms with Gasteiger partial charge in [-0.1, -0.05) is 66.7 Å². The van der Waals surface area contributed by atoms with Crippen molar-refractivity contribution < 1.29 is 24.2 Å². The van der Waals surface area contributed by atoms with E-state index in [1.807, 2.05) is 78.9 Å². The maximum Gasteiger partial charge on any atom is 0.336 e. The Hall–Kier alpha value is -4.12. The van der Waals surface area contributed by atoms with Crippen molar-refractivity contribution in [2.24, 2.45) is 0 Å². The van der Waals surface area contributed by atoms with Crippen LogP contribution < -0.4 is 4.74 Å². The lowest BCUT2D eigenvalue weighted by Crippen LogP contribution is -2.12. The third-order valence-corrected chi connectivity index (χ3v) is 5.44. The zero-order valence-electron chi connectivity index (χ0n) is 18.4. The Morgan fingerprint density at radius 2 is 1.58 bits per heavy atom. The number of hydrogen-bond acceptors (Lipinski definition) is 4. The third-order valence-electron chi connectivity index (χ3n) is 5.44. The molecule has 0 spiro atoms. The molecule has 0 heterocycles. The van der Waals surface area contributed by atoms with Gasteiger partial charge in [-0.25, -0.2) is 4.79 Å². The Morgan fingerprint density at radius 1 is 0.909 bits per heavy atom. The summed E-state index contributed by atoms with van der Waals surface area (Å²) < 4.78 is 11.4. The lowest BCUT2D eigenvalue weighted by Gasteiger charge is -2.22. The number of ether oxygens (including phenoxy) is 2. The molecule has 1 unspecified atom stereocenters. The summed E-state index contributed by atoms with van der Waals surface area (Å²) in [5.74, 6) is -0.913. The Labute approximate surface area is 192 Å². The summed E-state index contributed by atoms with van der Waals surface area (Å²) in [6.07, 6.45) is -0.734. The average molecular weight is 440 g/mol. The standard InChI is InChI=1S/C28H24O5/c1-18(33-19(2)29)26-25(28(30)31)16-22-15-23(32-17-20-9-5-3-6-10-20)13-14-24(22)27(26)21-11-7-4-8-12-21/h3-16,18H,17H2,1-2H3,(H,30,31). The highest BCUT2D eigenvalue weighted by Gasteiger charge is 2.25. The van der Waals surface area contributed by atoms with Crippen LogP contribution in [0.15, 0.2) is 84.9 Å². The molecule has 1 N–H and O–H groups in total. The van der Waals surface area contributed by atoms with Crippen LogP contribution >= 0.6 is 0 Å². The average Bonchev–Trinajstić information content (AvgIpc) is 2.82. The molecule has 0 aliphatic carbocycles. The second kappa shape index (κ2) is 9.57. The molecule has 0 aromatic heterocycles. The predicted molar refractivity (Wildman–Crippen MR) is 127 cm³/mol. The number of benzene rings is 4. The lowest BCUT2D eigenvalue weighted by atomic mass is 9.87. The molecular formula is C28H24O5. The fourth-order valence-corrected chi connectivity index (χ4v) is 4.05. The van der Waals surface area contributed by atoms with E-state index in [9.17, 15) is 14.7 Å². The van der Waals surface area contributed by atoms with E-state index in [0.717, 1.165) is 27.5 Å². The van der Waals surface area contributed by atoms with Crippen molar-refractivity contribution in [3.8, 4) is 16.9 Å². The molecule has 0 saturated carbocycles. The Bertz CT molecular complexity index is 1300. The van der Waals surface area contributed by atoms with Crippen molar-refractivity contribution in [1.82, 2.24) is 0 Å². The van der Waals surface area contributed by atoms with Crippen LogP contribution in [-0.2, 0) is 16.1 Å². The Balaban J connectivity index is 1.88. The molecule has 5 nitrogen and oxygen atoms in total. The number of esters is 1. The summed E-state index contributed by atoms with van der Waals surface area (Å²) in [6, 6.07) is 26.6. The zero-order chi connectivity index (χ0) is 23.4. The highest BCUT2D eigenvalue weighted by Crippen LogP contribution is 2.40. The van der Waals surface area contributed by atoms with E-state index in [1.165, 1.54) is 6.92 Å². The summed E-state index contributed by atoms with van der Waals surface area (Å²) in [4.78, 5) is 23.9. The Morgan fingerprint density at radius 3 is 2.21 bits per heavy atom. The second-order valence-electron chi connectivity index (χ2n) is 7.79. The highest BCUT2D eigenvalue weighted by molar-refractivity contribution is 6.05. The first-order chi connectivity index (χ1) is 15.9. The minimum absolute atomic E-state index is 0.0929. The first-order valence-corrected chi connectivity index (χ1v) is 10.7. The van der Waals surface area contributed by atoms with Gasteiger partial charge in [0.1, 0.15) is 18.5 Å². The van der Waals surface area contributed by atoms with Crippen LogP contribution in [0.5, 0.6) is 5.75 Å². The number of aromatic carboxylic acids is 1. The molecule has 4 aromatic carbocycles. The van der Waals surface area contributed by atoms with Crippen LogP contribution in [0, 0.1) is 0 Å². The fraction of sp³-hybridized carbons (Fsp3) is 0.143. The van der Waals surface area contributed by atoms with Crippen LogP contribution in [0.3, 0.4) is 0 Å². The van der Waals surface area contributed by atoms with E-state index in [0.29, 0.717) is 17.9 Å². The summed E-state index contributed by atoms with van der Waals surface area (Å²) in [5, 5.41) is 11.6. The number of carboxylic acids is 1. The molecule has 0 aliphatic heterocycles. The normalized spacial score (nSPS) is 11.7. The molecule has 1 atom stereocenters. The number of hydrogen-bond donors (Lipinski definition) is 1. The molecule has 4 rings (SSSR count). The van der Waals surface area contributed by atoms with Crippen LogP contribution in [0.2, 0.25) is 0 Å². The van der Waals surface area contributed by atoms with E-state index >= 15 is 0 Å². The molecular weight excluding hydrogens is 416 g/mol. The van der Waals surface area contributed by atoms with Crippen LogP contribution in [0.1, 0.15) is 41.4 Å². The van der Waals surface area contributed by atoms with Gasteiger partial charge in [0.15, 0.2) is 0 Å². The number of carbonyl (C=O) groups excluding carboxylic acids is 1. The van der Waals surface area contributed by atoms with Gasteiger partial charge in [0, 0.05) is 12.5 Å². The van der Waals surface area contributed by atoms with Crippen molar-refractivity contribution in [2.75, 3.05) is 0 Å². The third kappa shape index (κ3) is 4.88. The van der Waals surface area contributed by atoms with Crippen molar-refractivity contribution in [3.05, 3.63) is 102 Å². The minimum Gasteiger partial charge on any atom is -0.489 e. The van der Waals surface area contributed by atoms with Crippen molar-refractivity contribution in [2.45, 2.75) is 26.6 Å². The van der Waals surface area contributed by atoms with E-state index in [2.05, 4.69) is 0 Å². The van der Waals surface area contributed by atoms with E-state index in [1.54, 1.807) is 13.0 Å². The van der Waals surface area contributed by atoms with Crippen molar-refractivity contribution in [1.29, 1.82) is 0 Å². The maximum absolute atomic E-state index is 12.3. The number of rotatable bonds is 7. The van der Waals surface area contributed by atoms with Gasteiger partial charge in [-0.05, 0) is 52.6 Å². The second-order valence-corrected chi connectivity index (χ2v) is 7.79. The van der Waals surface area contributed by atoms with E-state index in [-0.39, 0.29) is 5.56 Å². The van der Waals surface area contributed by atoms with Crippen molar-refractivity contribution >= 4 is 22.7 Å². The van der Waals surface area contributed by atoms with Gasteiger partial charge in [-0.15, -0.1) is 0 Å². The summed E-state index contributed by atoms with van der Waals surface area (Å²) in [7, 11) is 0.